The molecule has 0 atom stereocenters. The van der Waals surface area contributed by atoms with Crippen molar-refractivity contribution in [3.05, 3.63) is 18.2 Å². The molecule has 0 saturated carbocycles. The fourth-order valence-corrected chi connectivity index (χ4v) is 1.78. The molecule has 0 aliphatic rings. The molecule has 3 heteroatoms. The number of nitrogens with one attached hydrogen (secondary N) is 1. The van der Waals surface area contributed by atoms with Gasteiger partial charge in [-0.15, -0.1) is 0 Å². The summed E-state index contributed by atoms with van der Waals surface area (Å²) < 4.78 is 11.5. The van der Waals surface area contributed by atoms with Crippen molar-refractivity contribution in [3.8, 4) is 11.5 Å². The quantitative estimate of drug-likeness (QED) is 0.672. The number of hydrogen-bond donors (Lipinski definition) is 1. The lowest BCUT2D eigenvalue weighted by atomic mass is 10.1. The number of hydrogen-bond acceptors (Lipinski definition) is 3. The van der Waals surface area contributed by atoms with Crippen molar-refractivity contribution in [2.24, 2.45) is 5.92 Å². The van der Waals surface area contributed by atoms with Gasteiger partial charge in [-0.25, -0.2) is 0 Å². The van der Waals surface area contributed by atoms with Crippen LogP contribution in [0.2, 0.25) is 0 Å². The zero-order chi connectivity index (χ0) is 14.8. The van der Waals surface area contributed by atoms with Gasteiger partial charge < -0.3 is 14.8 Å². The largest absolute Gasteiger partial charge is 0.490 e. The molecular formula is C17H29NO2. The minimum Gasteiger partial charge on any atom is -0.490 e. The van der Waals surface area contributed by atoms with Gasteiger partial charge in [-0.1, -0.05) is 27.7 Å². The zero-order valence-electron chi connectivity index (χ0n) is 13.4. The van der Waals surface area contributed by atoms with E-state index in [1.165, 1.54) is 6.42 Å². The maximum Gasteiger partial charge on any atom is 0.163 e. The molecule has 0 heterocycles. The molecule has 0 aromatic heterocycles. The van der Waals surface area contributed by atoms with Crippen molar-refractivity contribution in [1.29, 1.82) is 0 Å². The van der Waals surface area contributed by atoms with E-state index in [2.05, 4.69) is 39.1 Å². The van der Waals surface area contributed by atoms with Crippen molar-refractivity contribution in [2.45, 2.75) is 47.0 Å². The molecule has 0 amide bonds. The van der Waals surface area contributed by atoms with Gasteiger partial charge in [0.2, 0.25) is 0 Å². The summed E-state index contributed by atoms with van der Waals surface area (Å²) in [6.07, 6.45) is 3.17. The van der Waals surface area contributed by atoms with Crippen LogP contribution in [0.1, 0.15) is 47.0 Å². The van der Waals surface area contributed by atoms with Crippen LogP contribution in [0.3, 0.4) is 0 Å². The van der Waals surface area contributed by atoms with Crippen molar-refractivity contribution in [1.82, 2.24) is 0 Å². The Morgan fingerprint density at radius 3 is 2.25 bits per heavy atom. The van der Waals surface area contributed by atoms with Gasteiger partial charge in [-0.2, -0.15) is 0 Å². The van der Waals surface area contributed by atoms with E-state index >= 15 is 0 Å². The molecule has 0 aliphatic heterocycles. The van der Waals surface area contributed by atoms with Gasteiger partial charge in [-0.3, -0.25) is 0 Å². The van der Waals surface area contributed by atoms with Gasteiger partial charge in [-0.05, 0) is 37.3 Å². The first-order chi connectivity index (χ1) is 9.67. The third-order valence-electron chi connectivity index (χ3n) is 2.92. The summed E-state index contributed by atoms with van der Waals surface area (Å²) in [6, 6.07) is 6.10. The minimum atomic E-state index is 0.713. The summed E-state index contributed by atoms with van der Waals surface area (Å²) in [7, 11) is 0. The van der Waals surface area contributed by atoms with Gasteiger partial charge in [0.25, 0.3) is 0 Å². The maximum absolute atomic E-state index is 5.79. The van der Waals surface area contributed by atoms with E-state index in [0.29, 0.717) is 5.92 Å². The molecular weight excluding hydrogens is 250 g/mol. The molecule has 0 saturated heterocycles. The highest BCUT2D eigenvalue weighted by Crippen LogP contribution is 2.31. The molecule has 1 N–H and O–H groups in total. The van der Waals surface area contributed by atoms with E-state index in [1.807, 2.05) is 12.1 Å². The summed E-state index contributed by atoms with van der Waals surface area (Å²) in [5.74, 6) is 2.40. The predicted molar refractivity (Wildman–Crippen MR) is 86.0 cm³/mol. The zero-order valence-corrected chi connectivity index (χ0v) is 13.4. The molecule has 0 aliphatic carbocycles. The van der Waals surface area contributed by atoms with Crippen molar-refractivity contribution < 1.29 is 9.47 Å². The number of benzene rings is 1. The third kappa shape index (κ3) is 6.18. The molecule has 0 bridgehead atoms. The van der Waals surface area contributed by atoms with Crippen LogP contribution in [-0.2, 0) is 0 Å². The second-order valence-electron chi connectivity index (χ2n) is 5.47. The van der Waals surface area contributed by atoms with Crippen LogP contribution in [0.15, 0.2) is 18.2 Å². The molecule has 0 spiro atoms. The Hall–Kier alpha value is -1.38. The van der Waals surface area contributed by atoms with Crippen molar-refractivity contribution >= 4 is 5.69 Å². The summed E-state index contributed by atoms with van der Waals surface area (Å²) in [6.45, 7) is 11.1. The Balaban J connectivity index is 2.67. The van der Waals surface area contributed by atoms with Crippen LogP contribution >= 0.6 is 0 Å². The molecule has 1 aromatic carbocycles. The third-order valence-corrected chi connectivity index (χ3v) is 2.92. The average molecular weight is 279 g/mol. The van der Waals surface area contributed by atoms with E-state index in [0.717, 1.165) is 49.8 Å². The molecule has 0 fully saturated rings. The van der Waals surface area contributed by atoms with Crippen molar-refractivity contribution in [2.75, 3.05) is 25.1 Å². The number of rotatable bonds is 10. The first-order valence-electron chi connectivity index (χ1n) is 7.80. The summed E-state index contributed by atoms with van der Waals surface area (Å²) in [5.41, 5.74) is 1.10. The molecule has 1 rings (SSSR count). The molecule has 3 nitrogen and oxygen atoms in total. The Kier molecular flexibility index (Phi) is 7.93. The van der Waals surface area contributed by atoms with E-state index in [9.17, 15) is 0 Å². The fraction of sp³-hybridized carbons (Fsp3) is 0.647. The lowest BCUT2D eigenvalue weighted by Crippen LogP contribution is -2.06. The monoisotopic (exact) mass is 279 g/mol. The average Bonchev–Trinajstić information content (AvgIpc) is 2.43. The molecule has 114 valence electrons. The van der Waals surface area contributed by atoms with E-state index in [-0.39, 0.29) is 0 Å². The number of ether oxygens (including phenoxy) is 2. The summed E-state index contributed by atoms with van der Waals surface area (Å²) in [5, 5.41) is 3.44. The Morgan fingerprint density at radius 2 is 1.65 bits per heavy atom. The van der Waals surface area contributed by atoms with Gasteiger partial charge in [0.15, 0.2) is 11.5 Å². The maximum atomic E-state index is 5.79. The van der Waals surface area contributed by atoms with Crippen LogP contribution in [0.4, 0.5) is 5.69 Å². The van der Waals surface area contributed by atoms with Gasteiger partial charge in [0, 0.05) is 18.3 Å². The normalized spacial score (nSPS) is 10.7. The van der Waals surface area contributed by atoms with Crippen LogP contribution in [0.5, 0.6) is 11.5 Å². The van der Waals surface area contributed by atoms with Crippen LogP contribution in [-0.4, -0.2) is 19.8 Å². The summed E-state index contributed by atoms with van der Waals surface area (Å²) in [4.78, 5) is 0. The SMILES string of the molecule is CCCOc1ccc(NCCC(C)C)cc1OCCC. The van der Waals surface area contributed by atoms with Gasteiger partial charge in [0.05, 0.1) is 13.2 Å². The second-order valence-corrected chi connectivity index (χ2v) is 5.47. The Bertz CT molecular complexity index is 377. The van der Waals surface area contributed by atoms with E-state index in [1.54, 1.807) is 0 Å². The van der Waals surface area contributed by atoms with Crippen LogP contribution in [0, 0.1) is 5.92 Å². The molecule has 1 aromatic rings. The summed E-state index contributed by atoms with van der Waals surface area (Å²) >= 11 is 0. The standard InChI is InChI=1S/C17H29NO2/c1-5-11-19-16-8-7-15(18-10-9-14(3)4)13-17(16)20-12-6-2/h7-8,13-14,18H,5-6,9-12H2,1-4H3. The Morgan fingerprint density at radius 1 is 1.00 bits per heavy atom. The van der Waals surface area contributed by atoms with Crippen LogP contribution < -0.4 is 14.8 Å². The molecule has 0 radical (unpaired) electrons. The highest BCUT2D eigenvalue weighted by atomic mass is 16.5. The Labute approximate surface area is 123 Å². The van der Waals surface area contributed by atoms with Gasteiger partial charge >= 0.3 is 0 Å². The fourth-order valence-electron chi connectivity index (χ4n) is 1.78. The topological polar surface area (TPSA) is 30.5 Å². The van der Waals surface area contributed by atoms with Gasteiger partial charge in [0.1, 0.15) is 0 Å². The molecule has 20 heavy (non-hydrogen) atoms. The van der Waals surface area contributed by atoms with E-state index in [4.69, 9.17) is 9.47 Å². The molecule has 0 unspecified atom stereocenters. The highest BCUT2D eigenvalue weighted by Gasteiger charge is 2.06. The predicted octanol–water partition coefficient (Wildman–Crippen LogP) is 4.72. The van der Waals surface area contributed by atoms with E-state index < -0.39 is 0 Å². The number of anilines is 1. The first kappa shape index (κ1) is 16.7. The highest BCUT2D eigenvalue weighted by molar-refractivity contribution is 5.54. The van der Waals surface area contributed by atoms with Crippen molar-refractivity contribution in [3.63, 3.8) is 0 Å². The first-order valence-corrected chi connectivity index (χ1v) is 7.80. The minimum absolute atomic E-state index is 0.713. The van der Waals surface area contributed by atoms with Crippen LogP contribution in [0.25, 0.3) is 0 Å². The lowest BCUT2D eigenvalue weighted by molar-refractivity contribution is 0.268. The second kappa shape index (κ2) is 9.51. The smallest absolute Gasteiger partial charge is 0.163 e. The lowest BCUT2D eigenvalue weighted by Gasteiger charge is -2.15.